The second-order valence-corrected chi connectivity index (χ2v) is 6.35. The molecule has 0 unspecified atom stereocenters. The van der Waals surface area contributed by atoms with E-state index in [-0.39, 0.29) is 37.4 Å². The van der Waals surface area contributed by atoms with Crippen LogP contribution in [0.3, 0.4) is 0 Å². The highest BCUT2D eigenvalue weighted by Crippen LogP contribution is 2.32. The van der Waals surface area contributed by atoms with Crippen LogP contribution >= 0.6 is 24.0 Å². The summed E-state index contributed by atoms with van der Waals surface area (Å²) in [6, 6.07) is 13.4. The molecule has 0 saturated heterocycles. The maximum absolute atomic E-state index is 10.8. The van der Waals surface area contributed by atoms with Crippen LogP contribution < -0.4 is 25.3 Å². The predicted octanol–water partition coefficient (Wildman–Crippen LogP) is 2.10. The molecule has 1 aliphatic heterocycles. The van der Waals surface area contributed by atoms with Gasteiger partial charge in [0.05, 0.1) is 0 Å². The van der Waals surface area contributed by atoms with E-state index in [0.29, 0.717) is 18.8 Å². The molecule has 2 aromatic rings. The maximum atomic E-state index is 10.8. The van der Waals surface area contributed by atoms with Crippen molar-refractivity contribution < 1.29 is 19.0 Å². The summed E-state index contributed by atoms with van der Waals surface area (Å²) in [4.78, 5) is 17.2. The molecule has 0 aliphatic carbocycles. The Morgan fingerprint density at radius 3 is 2.76 bits per heavy atom. The van der Waals surface area contributed by atoms with E-state index in [1.807, 2.05) is 48.3 Å². The molecule has 2 aromatic carbocycles. The number of nitrogens with one attached hydrogen (secondary N) is 1. The number of benzene rings is 2. The second-order valence-electron chi connectivity index (χ2n) is 6.35. The highest BCUT2D eigenvalue weighted by atomic mass is 127. The summed E-state index contributed by atoms with van der Waals surface area (Å²) in [5.41, 5.74) is 7.20. The first-order valence-electron chi connectivity index (χ1n) is 8.85. The molecule has 0 atom stereocenters. The standard InChI is InChI=1S/C20H24N4O4.HI/c1-22-20(23-10-14-4-3-5-16(8-14)26-12-19(21)25)24(2)11-15-6-7-17-18(9-15)28-13-27-17;/h3-9H,10-13H2,1-2H3,(H2,21,25)(H,22,23);1H. The third-order valence-electron chi connectivity index (χ3n) is 4.16. The Kier molecular flexibility index (Phi) is 8.37. The molecule has 29 heavy (non-hydrogen) atoms. The number of carbonyl (C=O) groups excluding carboxylic acids is 1. The van der Waals surface area contributed by atoms with E-state index in [1.54, 1.807) is 13.1 Å². The first-order valence-corrected chi connectivity index (χ1v) is 8.85. The van der Waals surface area contributed by atoms with E-state index >= 15 is 0 Å². The molecule has 0 saturated carbocycles. The molecule has 0 radical (unpaired) electrons. The summed E-state index contributed by atoms with van der Waals surface area (Å²) in [6.07, 6.45) is 0. The molecular weight excluding hydrogens is 487 g/mol. The molecule has 156 valence electrons. The topological polar surface area (TPSA) is 98.4 Å². The van der Waals surface area contributed by atoms with E-state index in [4.69, 9.17) is 19.9 Å². The van der Waals surface area contributed by atoms with E-state index in [2.05, 4.69) is 10.3 Å². The van der Waals surface area contributed by atoms with Gasteiger partial charge in [0.25, 0.3) is 5.91 Å². The summed E-state index contributed by atoms with van der Waals surface area (Å²) in [7, 11) is 3.71. The zero-order chi connectivity index (χ0) is 19.9. The monoisotopic (exact) mass is 512 g/mol. The second kappa shape index (κ2) is 10.7. The number of guanidine groups is 1. The molecule has 3 N–H and O–H groups in total. The average molecular weight is 512 g/mol. The Hall–Kier alpha value is -2.69. The van der Waals surface area contributed by atoms with Gasteiger partial charge in [0.15, 0.2) is 24.1 Å². The number of ether oxygens (including phenoxy) is 3. The number of nitrogens with zero attached hydrogens (tertiary/aromatic N) is 2. The Morgan fingerprint density at radius 2 is 2.00 bits per heavy atom. The van der Waals surface area contributed by atoms with Crippen LogP contribution in [-0.4, -0.2) is 44.3 Å². The van der Waals surface area contributed by atoms with Gasteiger partial charge < -0.3 is 30.2 Å². The molecule has 3 rings (SSSR count). The van der Waals surface area contributed by atoms with Gasteiger partial charge in [-0.15, -0.1) is 24.0 Å². The lowest BCUT2D eigenvalue weighted by molar-refractivity contribution is -0.119. The minimum Gasteiger partial charge on any atom is -0.484 e. The van der Waals surface area contributed by atoms with Crippen LogP contribution in [0, 0.1) is 0 Å². The number of hydrogen-bond donors (Lipinski definition) is 2. The van der Waals surface area contributed by atoms with Crippen LogP contribution in [0.25, 0.3) is 0 Å². The van der Waals surface area contributed by atoms with Crippen LogP contribution in [0.1, 0.15) is 11.1 Å². The Morgan fingerprint density at radius 1 is 1.21 bits per heavy atom. The Bertz CT molecular complexity index is 875. The number of rotatable bonds is 7. The minimum atomic E-state index is -0.505. The quantitative estimate of drug-likeness (QED) is 0.335. The third kappa shape index (κ3) is 6.41. The number of carbonyl (C=O) groups is 1. The SMILES string of the molecule is CN=C(NCc1cccc(OCC(N)=O)c1)N(C)Cc1ccc2c(c1)OCO2.I. The van der Waals surface area contributed by atoms with Gasteiger partial charge in [-0.3, -0.25) is 9.79 Å². The van der Waals surface area contributed by atoms with Crippen molar-refractivity contribution in [2.75, 3.05) is 27.5 Å². The zero-order valence-electron chi connectivity index (χ0n) is 16.4. The number of amides is 1. The number of aliphatic imine (C=N–C) groups is 1. The van der Waals surface area contributed by atoms with Crippen LogP contribution in [0.2, 0.25) is 0 Å². The highest BCUT2D eigenvalue weighted by Gasteiger charge is 2.14. The number of hydrogen-bond acceptors (Lipinski definition) is 5. The van der Waals surface area contributed by atoms with E-state index in [1.165, 1.54) is 0 Å². The summed E-state index contributed by atoms with van der Waals surface area (Å²) < 4.78 is 16.1. The Labute approximate surface area is 187 Å². The largest absolute Gasteiger partial charge is 0.484 e. The number of primary amides is 1. The fourth-order valence-corrected chi connectivity index (χ4v) is 2.85. The lowest BCUT2D eigenvalue weighted by Gasteiger charge is -2.22. The van der Waals surface area contributed by atoms with E-state index in [9.17, 15) is 4.79 Å². The lowest BCUT2D eigenvalue weighted by Crippen LogP contribution is -2.38. The molecule has 0 fully saturated rings. The van der Waals surface area contributed by atoms with Gasteiger partial charge in [-0.2, -0.15) is 0 Å². The maximum Gasteiger partial charge on any atom is 0.255 e. The molecule has 1 amide bonds. The molecule has 8 nitrogen and oxygen atoms in total. The molecule has 1 heterocycles. The van der Waals surface area contributed by atoms with Crippen molar-refractivity contribution in [2.45, 2.75) is 13.1 Å². The van der Waals surface area contributed by atoms with Gasteiger partial charge >= 0.3 is 0 Å². The van der Waals surface area contributed by atoms with Crippen molar-refractivity contribution in [3.63, 3.8) is 0 Å². The van der Waals surface area contributed by atoms with Gasteiger partial charge in [-0.05, 0) is 35.4 Å². The van der Waals surface area contributed by atoms with Gasteiger partial charge in [0.2, 0.25) is 6.79 Å². The summed E-state index contributed by atoms with van der Waals surface area (Å²) in [5.74, 6) is 2.38. The zero-order valence-corrected chi connectivity index (χ0v) is 18.7. The van der Waals surface area contributed by atoms with Gasteiger partial charge in [-0.1, -0.05) is 18.2 Å². The summed E-state index contributed by atoms with van der Waals surface area (Å²) in [5, 5.41) is 3.32. The van der Waals surface area contributed by atoms with Crippen molar-refractivity contribution >= 4 is 35.8 Å². The molecular formula is C20H25IN4O4. The molecule has 0 spiro atoms. The highest BCUT2D eigenvalue weighted by molar-refractivity contribution is 14.0. The first kappa shape index (κ1) is 22.6. The Balaban J connectivity index is 0.00000300. The lowest BCUT2D eigenvalue weighted by atomic mass is 10.2. The fraction of sp³-hybridized carbons (Fsp3) is 0.300. The van der Waals surface area contributed by atoms with Crippen molar-refractivity contribution in [1.29, 1.82) is 0 Å². The van der Waals surface area contributed by atoms with Crippen LogP contribution in [0.4, 0.5) is 0 Å². The van der Waals surface area contributed by atoms with Crippen LogP contribution in [0.15, 0.2) is 47.5 Å². The average Bonchev–Trinajstić information content (AvgIpc) is 3.15. The number of fused-ring (bicyclic) bond motifs is 1. The molecule has 0 bridgehead atoms. The van der Waals surface area contributed by atoms with Crippen molar-refractivity contribution in [1.82, 2.24) is 10.2 Å². The third-order valence-corrected chi connectivity index (χ3v) is 4.16. The van der Waals surface area contributed by atoms with Gasteiger partial charge in [0, 0.05) is 27.2 Å². The molecule has 0 aromatic heterocycles. The van der Waals surface area contributed by atoms with Gasteiger partial charge in [0.1, 0.15) is 5.75 Å². The van der Waals surface area contributed by atoms with Crippen molar-refractivity contribution in [2.24, 2.45) is 10.7 Å². The summed E-state index contributed by atoms with van der Waals surface area (Å²) >= 11 is 0. The van der Waals surface area contributed by atoms with Crippen LogP contribution in [-0.2, 0) is 17.9 Å². The number of nitrogens with two attached hydrogens (primary N) is 1. The number of halogens is 1. The van der Waals surface area contributed by atoms with E-state index < -0.39 is 5.91 Å². The first-order chi connectivity index (χ1) is 13.5. The molecule has 1 aliphatic rings. The smallest absolute Gasteiger partial charge is 0.255 e. The van der Waals surface area contributed by atoms with Gasteiger partial charge in [-0.25, -0.2) is 0 Å². The fourth-order valence-electron chi connectivity index (χ4n) is 2.85. The van der Waals surface area contributed by atoms with Crippen LogP contribution in [0.5, 0.6) is 17.2 Å². The normalized spacial score (nSPS) is 12.1. The molecule has 9 heteroatoms. The minimum absolute atomic E-state index is 0. The van der Waals surface area contributed by atoms with E-state index in [0.717, 1.165) is 28.6 Å². The van der Waals surface area contributed by atoms with Crippen molar-refractivity contribution in [3.8, 4) is 17.2 Å². The predicted molar refractivity (Wildman–Crippen MR) is 121 cm³/mol. The van der Waals surface area contributed by atoms with Crippen molar-refractivity contribution in [3.05, 3.63) is 53.6 Å². The summed E-state index contributed by atoms with van der Waals surface area (Å²) in [6.45, 7) is 1.35.